The zero-order valence-electron chi connectivity index (χ0n) is 15.6. The van der Waals surface area contributed by atoms with Crippen LogP contribution in [0.4, 0.5) is 4.79 Å². The van der Waals surface area contributed by atoms with Gasteiger partial charge in [-0.15, -0.1) is 0 Å². The van der Waals surface area contributed by atoms with E-state index in [0.717, 1.165) is 12.0 Å². The molecule has 1 unspecified atom stereocenters. The maximum absolute atomic E-state index is 12.6. The zero-order chi connectivity index (χ0) is 18.3. The van der Waals surface area contributed by atoms with Crippen molar-refractivity contribution >= 4 is 12.0 Å². The van der Waals surface area contributed by atoms with E-state index in [4.69, 9.17) is 4.74 Å². The number of rotatable bonds is 6. The number of hydrogen-bond acceptors (Lipinski definition) is 3. The van der Waals surface area contributed by atoms with Crippen molar-refractivity contribution in [2.24, 2.45) is 5.92 Å². The summed E-state index contributed by atoms with van der Waals surface area (Å²) in [7, 11) is 0. The highest BCUT2D eigenvalue weighted by atomic mass is 16.6. The van der Waals surface area contributed by atoms with Crippen molar-refractivity contribution in [1.29, 1.82) is 0 Å². The van der Waals surface area contributed by atoms with Crippen LogP contribution in [-0.4, -0.2) is 23.6 Å². The molecule has 2 N–H and O–H groups in total. The summed E-state index contributed by atoms with van der Waals surface area (Å²) in [5.74, 6) is -0.252. The Kier molecular flexibility index (Phi) is 7.26. The number of carbonyl (C=O) groups excluding carboxylic acids is 2. The lowest BCUT2D eigenvalue weighted by atomic mass is 10.0. The summed E-state index contributed by atoms with van der Waals surface area (Å²) in [6, 6.07) is 9.09. The van der Waals surface area contributed by atoms with Crippen LogP contribution in [0.3, 0.4) is 0 Å². The molecule has 24 heavy (non-hydrogen) atoms. The molecule has 0 aliphatic rings. The molecule has 0 saturated carbocycles. The summed E-state index contributed by atoms with van der Waals surface area (Å²) in [4.78, 5) is 24.6. The molecule has 5 heteroatoms. The average Bonchev–Trinajstić information content (AvgIpc) is 2.48. The van der Waals surface area contributed by atoms with Crippen molar-refractivity contribution in [2.45, 2.75) is 65.6 Å². The zero-order valence-corrected chi connectivity index (χ0v) is 15.6. The largest absolute Gasteiger partial charge is 0.444 e. The Balaban J connectivity index is 2.77. The molecule has 0 aliphatic heterocycles. The summed E-state index contributed by atoms with van der Waals surface area (Å²) in [6.45, 7) is 11.2. The van der Waals surface area contributed by atoms with E-state index in [-0.39, 0.29) is 17.9 Å². The van der Waals surface area contributed by atoms with Crippen molar-refractivity contribution in [1.82, 2.24) is 10.6 Å². The molecule has 1 rings (SSSR count). The average molecular weight is 334 g/mol. The number of nitrogens with one attached hydrogen (secondary N) is 2. The Labute approximate surface area is 145 Å². The summed E-state index contributed by atoms with van der Waals surface area (Å²) in [5.41, 5.74) is 0.450. The van der Waals surface area contributed by atoms with Crippen molar-refractivity contribution in [3.05, 3.63) is 35.9 Å². The Morgan fingerprint density at radius 2 is 1.67 bits per heavy atom. The Hall–Kier alpha value is -2.04. The first-order valence-corrected chi connectivity index (χ1v) is 8.49. The predicted molar refractivity (Wildman–Crippen MR) is 95.6 cm³/mol. The fourth-order valence-corrected chi connectivity index (χ4v) is 2.34. The quantitative estimate of drug-likeness (QED) is 0.831. The van der Waals surface area contributed by atoms with E-state index >= 15 is 0 Å². The summed E-state index contributed by atoms with van der Waals surface area (Å²) >= 11 is 0. The Morgan fingerprint density at radius 3 is 2.12 bits per heavy atom. The van der Waals surface area contributed by atoms with Gasteiger partial charge in [0.25, 0.3) is 0 Å². The maximum Gasteiger partial charge on any atom is 0.408 e. The number of amides is 2. The molecular weight excluding hydrogens is 304 g/mol. The van der Waals surface area contributed by atoms with E-state index in [0.29, 0.717) is 0 Å². The Morgan fingerprint density at radius 1 is 1.08 bits per heavy atom. The van der Waals surface area contributed by atoms with Gasteiger partial charge in [0.1, 0.15) is 11.6 Å². The highest BCUT2D eigenvalue weighted by molar-refractivity contribution is 5.86. The molecule has 1 aromatic rings. The molecule has 0 spiro atoms. The van der Waals surface area contributed by atoms with Crippen LogP contribution in [0.15, 0.2) is 30.3 Å². The SMILES string of the molecule is CCC(NC(=O)[C@@H](NC(=O)OC(C)(C)C)C(C)C)c1ccccc1. The third-order valence-electron chi connectivity index (χ3n) is 3.55. The van der Waals surface area contributed by atoms with Crippen LogP contribution < -0.4 is 10.6 Å². The van der Waals surface area contributed by atoms with Gasteiger partial charge in [-0.1, -0.05) is 51.1 Å². The molecule has 2 atom stereocenters. The Bertz CT molecular complexity index is 535. The van der Waals surface area contributed by atoms with Gasteiger partial charge < -0.3 is 15.4 Å². The minimum atomic E-state index is -0.641. The lowest BCUT2D eigenvalue weighted by molar-refractivity contribution is -0.125. The van der Waals surface area contributed by atoms with Gasteiger partial charge in [0.2, 0.25) is 5.91 Å². The molecule has 0 fully saturated rings. The van der Waals surface area contributed by atoms with Crippen LogP contribution in [0.1, 0.15) is 59.6 Å². The molecule has 0 heterocycles. The van der Waals surface area contributed by atoms with Crippen LogP contribution in [0.5, 0.6) is 0 Å². The third-order valence-corrected chi connectivity index (χ3v) is 3.55. The lowest BCUT2D eigenvalue weighted by Gasteiger charge is -2.27. The lowest BCUT2D eigenvalue weighted by Crippen LogP contribution is -2.51. The van der Waals surface area contributed by atoms with Gasteiger partial charge in [0.05, 0.1) is 6.04 Å². The fourth-order valence-electron chi connectivity index (χ4n) is 2.34. The maximum atomic E-state index is 12.6. The molecule has 0 radical (unpaired) electrons. The summed E-state index contributed by atoms with van der Waals surface area (Å²) in [5, 5.41) is 5.70. The number of alkyl carbamates (subject to hydrolysis) is 1. The van der Waals surface area contributed by atoms with Gasteiger partial charge in [-0.05, 0) is 38.7 Å². The monoisotopic (exact) mass is 334 g/mol. The van der Waals surface area contributed by atoms with Crippen molar-refractivity contribution < 1.29 is 14.3 Å². The van der Waals surface area contributed by atoms with Gasteiger partial charge in [-0.3, -0.25) is 4.79 Å². The molecule has 0 aliphatic carbocycles. The number of hydrogen-bond donors (Lipinski definition) is 2. The third kappa shape index (κ3) is 6.60. The molecule has 1 aromatic carbocycles. The second-order valence-corrected chi connectivity index (χ2v) is 7.25. The topological polar surface area (TPSA) is 67.4 Å². The minimum Gasteiger partial charge on any atom is -0.444 e. The van der Waals surface area contributed by atoms with E-state index in [2.05, 4.69) is 10.6 Å². The van der Waals surface area contributed by atoms with Gasteiger partial charge >= 0.3 is 6.09 Å². The highest BCUT2D eigenvalue weighted by Crippen LogP contribution is 2.17. The van der Waals surface area contributed by atoms with E-state index in [9.17, 15) is 9.59 Å². The molecule has 0 aromatic heterocycles. The van der Waals surface area contributed by atoms with E-state index in [1.165, 1.54) is 0 Å². The molecule has 0 saturated heterocycles. The minimum absolute atomic E-state index is 0.0502. The fraction of sp³-hybridized carbons (Fsp3) is 0.579. The molecule has 2 amide bonds. The van der Waals surface area contributed by atoms with Crippen LogP contribution in [0.2, 0.25) is 0 Å². The molecular formula is C19H30N2O3. The first-order chi connectivity index (χ1) is 11.1. The normalized spacial score (nSPS) is 14.0. The summed E-state index contributed by atoms with van der Waals surface area (Å²) in [6.07, 6.45) is 0.191. The van der Waals surface area contributed by atoms with Crippen LogP contribution in [0, 0.1) is 5.92 Å². The van der Waals surface area contributed by atoms with E-state index in [1.54, 1.807) is 20.8 Å². The standard InChI is InChI=1S/C19H30N2O3/c1-7-15(14-11-9-8-10-12-14)20-17(22)16(13(2)3)21-18(23)24-19(4,5)6/h8-13,15-16H,7H2,1-6H3,(H,20,22)(H,21,23)/t15?,16-/m0/s1. The van der Waals surface area contributed by atoms with Crippen molar-refractivity contribution in [3.8, 4) is 0 Å². The number of ether oxygens (including phenoxy) is 1. The van der Waals surface area contributed by atoms with Crippen LogP contribution in [-0.2, 0) is 9.53 Å². The smallest absolute Gasteiger partial charge is 0.408 e. The van der Waals surface area contributed by atoms with E-state index in [1.807, 2.05) is 51.1 Å². The molecule has 0 bridgehead atoms. The second kappa shape index (κ2) is 8.71. The number of benzene rings is 1. The second-order valence-electron chi connectivity index (χ2n) is 7.25. The van der Waals surface area contributed by atoms with Crippen LogP contribution >= 0.6 is 0 Å². The van der Waals surface area contributed by atoms with Gasteiger partial charge in [0, 0.05) is 0 Å². The van der Waals surface area contributed by atoms with Gasteiger partial charge in [0.15, 0.2) is 0 Å². The van der Waals surface area contributed by atoms with Gasteiger partial charge in [-0.2, -0.15) is 0 Å². The number of carbonyl (C=O) groups is 2. The van der Waals surface area contributed by atoms with E-state index < -0.39 is 17.7 Å². The highest BCUT2D eigenvalue weighted by Gasteiger charge is 2.28. The summed E-state index contributed by atoms with van der Waals surface area (Å²) < 4.78 is 5.25. The van der Waals surface area contributed by atoms with Crippen molar-refractivity contribution in [2.75, 3.05) is 0 Å². The van der Waals surface area contributed by atoms with Crippen LogP contribution in [0.25, 0.3) is 0 Å². The first-order valence-electron chi connectivity index (χ1n) is 8.49. The molecule has 5 nitrogen and oxygen atoms in total. The predicted octanol–water partition coefficient (Wildman–Crippen LogP) is 3.80. The van der Waals surface area contributed by atoms with Crippen molar-refractivity contribution in [3.63, 3.8) is 0 Å². The first kappa shape index (κ1) is 20.0. The van der Waals surface area contributed by atoms with Gasteiger partial charge in [-0.25, -0.2) is 4.79 Å². The molecule has 134 valence electrons.